The summed E-state index contributed by atoms with van der Waals surface area (Å²) in [5.41, 5.74) is 1.60. The van der Waals surface area contributed by atoms with Crippen molar-refractivity contribution in [3.8, 4) is 6.07 Å². The van der Waals surface area contributed by atoms with Crippen molar-refractivity contribution in [1.82, 2.24) is 0 Å². The SMILES string of the molecule is CCC(C#N)C(=O)Nc1ccccc1COC. The average Bonchev–Trinajstić information content (AvgIpc) is 2.33. The quantitative estimate of drug-likeness (QED) is 0.847. The lowest BCUT2D eigenvalue weighted by Gasteiger charge is -2.12. The highest BCUT2D eigenvalue weighted by Crippen LogP contribution is 2.17. The molecule has 0 saturated heterocycles. The monoisotopic (exact) mass is 232 g/mol. The maximum atomic E-state index is 11.8. The second-order valence-electron chi connectivity index (χ2n) is 3.67. The van der Waals surface area contributed by atoms with E-state index in [4.69, 9.17) is 10.00 Å². The van der Waals surface area contributed by atoms with E-state index in [2.05, 4.69) is 5.32 Å². The molecule has 0 spiro atoms. The van der Waals surface area contributed by atoms with Gasteiger partial charge >= 0.3 is 0 Å². The summed E-state index contributed by atoms with van der Waals surface area (Å²) < 4.78 is 5.05. The van der Waals surface area contributed by atoms with Crippen molar-refractivity contribution in [3.63, 3.8) is 0 Å². The van der Waals surface area contributed by atoms with Gasteiger partial charge in [-0.3, -0.25) is 4.79 Å². The van der Waals surface area contributed by atoms with Gasteiger partial charge in [0.1, 0.15) is 5.92 Å². The molecule has 1 atom stereocenters. The Kier molecular flexibility index (Phi) is 5.18. The molecule has 0 saturated carbocycles. The van der Waals surface area contributed by atoms with E-state index in [-0.39, 0.29) is 5.91 Å². The summed E-state index contributed by atoms with van der Waals surface area (Å²) in [6.45, 7) is 2.24. The van der Waals surface area contributed by atoms with Gasteiger partial charge in [0.25, 0.3) is 0 Å². The minimum Gasteiger partial charge on any atom is -0.380 e. The van der Waals surface area contributed by atoms with Gasteiger partial charge in [-0.05, 0) is 12.5 Å². The van der Waals surface area contributed by atoms with E-state index in [1.165, 1.54) is 0 Å². The number of nitriles is 1. The fourth-order valence-corrected chi connectivity index (χ4v) is 1.48. The Morgan fingerprint density at radius 2 is 2.24 bits per heavy atom. The van der Waals surface area contributed by atoms with E-state index in [1.807, 2.05) is 31.2 Å². The molecule has 0 aliphatic heterocycles. The number of anilines is 1. The van der Waals surface area contributed by atoms with E-state index < -0.39 is 5.92 Å². The third kappa shape index (κ3) is 3.58. The number of amides is 1. The summed E-state index contributed by atoms with van der Waals surface area (Å²) in [5, 5.41) is 11.6. The summed E-state index contributed by atoms with van der Waals surface area (Å²) in [7, 11) is 1.60. The first-order valence-corrected chi connectivity index (χ1v) is 5.50. The van der Waals surface area contributed by atoms with Crippen molar-refractivity contribution in [2.24, 2.45) is 5.92 Å². The van der Waals surface area contributed by atoms with Crippen LogP contribution in [0.1, 0.15) is 18.9 Å². The molecule has 0 aliphatic rings. The van der Waals surface area contributed by atoms with Crippen LogP contribution < -0.4 is 5.32 Å². The molecule has 90 valence electrons. The zero-order valence-corrected chi connectivity index (χ0v) is 10.1. The fourth-order valence-electron chi connectivity index (χ4n) is 1.48. The number of ether oxygens (including phenoxy) is 1. The van der Waals surface area contributed by atoms with Crippen LogP contribution in [0.25, 0.3) is 0 Å². The predicted molar refractivity (Wildman–Crippen MR) is 65.2 cm³/mol. The van der Waals surface area contributed by atoms with Crippen molar-refractivity contribution in [2.75, 3.05) is 12.4 Å². The van der Waals surface area contributed by atoms with Crippen LogP contribution in [0.3, 0.4) is 0 Å². The molecular formula is C13H16N2O2. The minimum atomic E-state index is -0.606. The third-order valence-electron chi connectivity index (χ3n) is 2.46. The predicted octanol–water partition coefficient (Wildman–Crippen LogP) is 2.32. The highest BCUT2D eigenvalue weighted by atomic mass is 16.5. The molecular weight excluding hydrogens is 216 g/mol. The van der Waals surface area contributed by atoms with Crippen LogP contribution in [-0.4, -0.2) is 13.0 Å². The molecule has 17 heavy (non-hydrogen) atoms. The largest absolute Gasteiger partial charge is 0.380 e. The number of methoxy groups -OCH3 is 1. The number of nitrogens with one attached hydrogen (secondary N) is 1. The summed E-state index contributed by atoms with van der Waals surface area (Å²) in [6.07, 6.45) is 0.509. The van der Waals surface area contributed by atoms with Gasteiger partial charge in [-0.15, -0.1) is 0 Å². The Bertz CT molecular complexity index is 424. The molecule has 0 fully saturated rings. The molecule has 4 nitrogen and oxygen atoms in total. The van der Waals surface area contributed by atoms with E-state index >= 15 is 0 Å². The van der Waals surface area contributed by atoms with Crippen LogP contribution in [-0.2, 0) is 16.1 Å². The number of para-hydroxylation sites is 1. The average molecular weight is 232 g/mol. The normalized spacial score (nSPS) is 11.6. The number of carbonyl (C=O) groups is 1. The van der Waals surface area contributed by atoms with Crippen LogP contribution in [0, 0.1) is 17.2 Å². The lowest BCUT2D eigenvalue weighted by Crippen LogP contribution is -2.21. The number of carbonyl (C=O) groups excluding carboxylic acids is 1. The highest BCUT2D eigenvalue weighted by molar-refractivity contribution is 5.94. The van der Waals surface area contributed by atoms with Crippen LogP contribution in [0.5, 0.6) is 0 Å². The topological polar surface area (TPSA) is 62.1 Å². The standard InChI is InChI=1S/C13H16N2O2/c1-3-10(8-14)13(16)15-12-7-5-4-6-11(12)9-17-2/h4-7,10H,3,9H2,1-2H3,(H,15,16). The third-order valence-corrected chi connectivity index (χ3v) is 2.46. The smallest absolute Gasteiger partial charge is 0.241 e. The Morgan fingerprint density at radius 1 is 1.53 bits per heavy atom. The molecule has 0 aliphatic carbocycles. The van der Waals surface area contributed by atoms with Crippen molar-refractivity contribution in [1.29, 1.82) is 5.26 Å². The van der Waals surface area contributed by atoms with Gasteiger partial charge in [-0.1, -0.05) is 25.1 Å². The summed E-state index contributed by atoms with van der Waals surface area (Å²) in [5.74, 6) is -0.871. The zero-order chi connectivity index (χ0) is 12.7. The second kappa shape index (κ2) is 6.66. The van der Waals surface area contributed by atoms with Crippen molar-refractivity contribution >= 4 is 11.6 Å². The van der Waals surface area contributed by atoms with E-state index in [0.717, 1.165) is 5.56 Å². The van der Waals surface area contributed by atoms with Crippen LogP contribution in [0.15, 0.2) is 24.3 Å². The lowest BCUT2D eigenvalue weighted by molar-refractivity contribution is -0.118. The minimum absolute atomic E-state index is 0.265. The highest BCUT2D eigenvalue weighted by Gasteiger charge is 2.16. The first-order valence-electron chi connectivity index (χ1n) is 5.50. The van der Waals surface area contributed by atoms with Gasteiger partial charge in [0, 0.05) is 18.4 Å². The summed E-state index contributed by atoms with van der Waals surface area (Å²) in [6, 6.07) is 9.38. The molecule has 0 bridgehead atoms. The Labute approximate surface area is 101 Å². The number of hydrogen-bond acceptors (Lipinski definition) is 3. The Morgan fingerprint density at radius 3 is 2.82 bits per heavy atom. The second-order valence-corrected chi connectivity index (χ2v) is 3.67. The molecule has 1 N–H and O–H groups in total. The van der Waals surface area contributed by atoms with Gasteiger partial charge in [0.15, 0.2) is 0 Å². The van der Waals surface area contributed by atoms with Crippen LogP contribution >= 0.6 is 0 Å². The van der Waals surface area contributed by atoms with E-state index in [0.29, 0.717) is 18.7 Å². The first-order chi connectivity index (χ1) is 8.22. The Balaban J connectivity index is 2.81. The van der Waals surface area contributed by atoms with Gasteiger partial charge in [0.2, 0.25) is 5.91 Å². The number of benzene rings is 1. The fraction of sp³-hybridized carbons (Fsp3) is 0.385. The molecule has 1 amide bonds. The van der Waals surface area contributed by atoms with Gasteiger partial charge < -0.3 is 10.1 Å². The molecule has 4 heteroatoms. The molecule has 1 aromatic rings. The van der Waals surface area contributed by atoms with Crippen molar-refractivity contribution in [3.05, 3.63) is 29.8 Å². The molecule has 0 heterocycles. The van der Waals surface area contributed by atoms with E-state index in [1.54, 1.807) is 13.2 Å². The number of nitrogens with zero attached hydrogens (tertiary/aromatic N) is 1. The van der Waals surface area contributed by atoms with Gasteiger partial charge in [-0.25, -0.2) is 0 Å². The van der Waals surface area contributed by atoms with Crippen molar-refractivity contribution in [2.45, 2.75) is 20.0 Å². The van der Waals surface area contributed by atoms with Crippen LogP contribution in [0.4, 0.5) is 5.69 Å². The lowest BCUT2D eigenvalue weighted by atomic mass is 10.1. The first kappa shape index (κ1) is 13.2. The summed E-state index contributed by atoms with van der Waals surface area (Å²) >= 11 is 0. The van der Waals surface area contributed by atoms with Gasteiger partial charge in [-0.2, -0.15) is 5.26 Å². The zero-order valence-electron chi connectivity index (χ0n) is 10.1. The van der Waals surface area contributed by atoms with E-state index in [9.17, 15) is 4.79 Å². The maximum absolute atomic E-state index is 11.8. The molecule has 0 radical (unpaired) electrons. The summed E-state index contributed by atoms with van der Waals surface area (Å²) in [4.78, 5) is 11.8. The number of rotatable bonds is 5. The van der Waals surface area contributed by atoms with Gasteiger partial charge in [0.05, 0.1) is 12.7 Å². The number of hydrogen-bond donors (Lipinski definition) is 1. The molecule has 1 rings (SSSR count). The Hall–Kier alpha value is -1.86. The molecule has 1 unspecified atom stereocenters. The molecule has 0 aromatic heterocycles. The maximum Gasteiger partial charge on any atom is 0.241 e. The van der Waals surface area contributed by atoms with Crippen molar-refractivity contribution < 1.29 is 9.53 Å². The van der Waals surface area contributed by atoms with Crippen LogP contribution in [0.2, 0.25) is 0 Å². The molecule has 1 aromatic carbocycles.